The van der Waals surface area contributed by atoms with Crippen molar-refractivity contribution in [3.8, 4) is 5.75 Å². The van der Waals surface area contributed by atoms with Crippen LogP contribution in [0.15, 0.2) is 18.2 Å². The fraction of sp³-hybridized carbons (Fsp3) is 0.143. The fourth-order valence-corrected chi connectivity index (χ4v) is 1.11. The Bertz CT molecular complexity index is 354. The Balaban J connectivity index is 3.32. The number of nitrogens with zero attached hydrogens (tertiary/aromatic N) is 1. The van der Waals surface area contributed by atoms with E-state index in [2.05, 4.69) is 0 Å². The van der Waals surface area contributed by atoms with Gasteiger partial charge in [0, 0.05) is 11.5 Å². The first-order valence-corrected chi connectivity index (χ1v) is 3.75. The lowest BCUT2D eigenvalue weighted by molar-refractivity contribution is -0.385. The van der Waals surface area contributed by atoms with Gasteiger partial charge >= 0.3 is 12.8 Å². The van der Waals surface area contributed by atoms with Crippen molar-refractivity contribution in [2.24, 2.45) is 0 Å². The lowest BCUT2D eigenvalue weighted by atomic mass is 9.79. The number of rotatable bonds is 3. The van der Waals surface area contributed by atoms with Crippen LogP contribution in [0.2, 0.25) is 0 Å². The number of methoxy groups -OCH3 is 1. The first-order valence-electron chi connectivity index (χ1n) is 3.75. The Morgan fingerprint density at radius 1 is 1.50 bits per heavy atom. The number of nitro groups is 1. The summed E-state index contributed by atoms with van der Waals surface area (Å²) in [6.07, 6.45) is 0. The molecule has 0 radical (unpaired) electrons. The molecule has 2 N–H and O–H groups in total. The Morgan fingerprint density at radius 3 is 2.57 bits per heavy atom. The Labute approximate surface area is 80.0 Å². The average Bonchev–Trinajstić information content (AvgIpc) is 2.16. The van der Waals surface area contributed by atoms with Gasteiger partial charge in [0.1, 0.15) is 0 Å². The van der Waals surface area contributed by atoms with Crippen molar-refractivity contribution in [2.45, 2.75) is 0 Å². The Kier molecular flexibility index (Phi) is 3.05. The van der Waals surface area contributed by atoms with Gasteiger partial charge in [0.05, 0.1) is 12.0 Å². The van der Waals surface area contributed by atoms with Gasteiger partial charge in [-0.05, 0) is 0 Å². The van der Waals surface area contributed by atoms with E-state index in [4.69, 9.17) is 14.8 Å². The van der Waals surface area contributed by atoms with Crippen LogP contribution in [0.3, 0.4) is 0 Å². The second-order valence-corrected chi connectivity index (χ2v) is 2.53. The fourth-order valence-electron chi connectivity index (χ4n) is 1.11. The van der Waals surface area contributed by atoms with Crippen LogP contribution in [-0.4, -0.2) is 29.2 Å². The summed E-state index contributed by atoms with van der Waals surface area (Å²) in [6, 6.07) is 3.93. The van der Waals surface area contributed by atoms with E-state index in [1.54, 1.807) is 0 Å². The molecule has 0 unspecified atom stereocenters. The summed E-state index contributed by atoms with van der Waals surface area (Å²) in [4.78, 5) is 9.87. The van der Waals surface area contributed by atoms with Gasteiger partial charge in [-0.3, -0.25) is 10.1 Å². The van der Waals surface area contributed by atoms with E-state index >= 15 is 0 Å². The van der Waals surface area contributed by atoms with Crippen LogP contribution >= 0.6 is 0 Å². The van der Waals surface area contributed by atoms with Crippen molar-refractivity contribution in [2.75, 3.05) is 7.11 Å². The van der Waals surface area contributed by atoms with Crippen LogP contribution in [0, 0.1) is 10.1 Å². The summed E-state index contributed by atoms with van der Waals surface area (Å²) in [6.45, 7) is 0. The minimum Gasteiger partial charge on any atom is -0.490 e. The molecule has 0 heterocycles. The van der Waals surface area contributed by atoms with Crippen molar-refractivity contribution in [1.82, 2.24) is 0 Å². The van der Waals surface area contributed by atoms with Crippen molar-refractivity contribution in [1.29, 1.82) is 0 Å². The van der Waals surface area contributed by atoms with E-state index in [1.165, 1.54) is 25.3 Å². The zero-order valence-corrected chi connectivity index (χ0v) is 7.38. The summed E-state index contributed by atoms with van der Waals surface area (Å²) in [7, 11) is -0.557. The van der Waals surface area contributed by atoms with E-state index in [1.807, 2.05) is 0 Å². The molecule has 1 aromatic carbocycles. The minimum atomic E-state index is -1.79. The summed E-state index contributed by atoms with van der Waals surface area (Å²) < 4.78 is 4.74. The van der Waals surface area contributed by atoms with E-state index < -0.39 is 12.0 Å². The van der Waals surface area contributed by atoms with Crippen molar-refractivity contribution < 1.29 is 19.7 Å². The molecule has 0 aromatic heterocycles. The lowest BCUT2D eigenvalue weighted by Crippen LogP contribution is -2.31. The second-order valence-electron chi connectivity index (χ2n) is 2.53. The number of hydrogen-bond acceptors (Lipinski definition) is 5. The van der Waals surface area contributed by atoms with Crippen LogP contribution in [-0.2, 0) is 0 Å². The molecular formula is C7H8BNO5. The van der Waals surface area contributed by atoms with Gasteiger partial charge in [0.15, 0.2) is 5.75 Å². The Morgan fingerprint density at radius 2 is 2.14 bits per heavy atom. The smallest absolute Gasteiger partial charge is 0.490 e. The number of benzene rings is 1. The van der Waals surface area contributed by atoms with Crippen LogP contribution in [0.25, 0.3) is 0 Å². The SMILES string of the molecule is COc1c(B(O)O)cccc1[N+](=O)[O-]. The van der Waals surface area contributed by atoms with Gasteiger partial charge in [0.2, 0.25) is 0 Å². The van der Waals surface area contributed by atoms with Gasteiger partial charge in [0.25, 0.3) is 0 Å². The molecule has 7 heteroatoms. The first kappa shape index (κ1) is 10.5. The molecule has 0 fully saturated rings. The maximum atomic E-state index is 10.5. The zero-order valence-electron chi connectivity index (χ0n) is 7.38. The van der Waals surface area contributed by atoms with Gasteiger partial charge < -0.3 is 14.8 Å². The molecule has 74 valence electrons. The van der Waals surface area contributed by atoms with Crippen LogP contribution < -0.4 is 10.2 Å². The number of nitro benzene ring substituents is 1. The summed E-state index contributed by atoms with van der Waals surface area (Å²) in [5.41, 5.74) is -0.320. The molecule has 0 saturated heterocycles. The second kappa shape index (κ2) is 4.08. The molecule has 0 aliphatic carbocycles. The van der Waals surface area contributed by atoms with Gasteiger partial charge in [-0.25, -0.2) is 0 Å². The maximum Gasteiger partial charge on any atom is 0.492 e. The third kappa shape index (κ3) is 1.83. The molecule has 6 nitrogen and oxygen atoms in total. The number of ether oxygens (including phenoxy) is 1. The highest BCUT2D eigenvalue weighted by atomic mass is 16.6. The largest absolute Gasteiger partial charge is 0.492 e. The normalized spacial score (nSPS) is 9.64. The average molecular weight is 197 g/mol. The molecule has 0 bridgehead atoms. The molecule has 0 aliphatic heterocycles. The van der Waals surface area contributed by atoms with Crippen LogP contribution in [0.1, 0.15) is 0 Å². The molecule has 1 aromatic rings. The predicted molar refractivity (Wildman–Crippen MR) is 49.5 cm³/mol. The van der Waals surface area contributed by atoms with E-state index in [-0.39, 0.29) is 16.9 Å². The highest BCUT2D eigenvalue weighted by Crippen LogP contribution is 2.23. The third-order valence-corrected chi connectivity index (χ3v) is 1.70. The quantitative estimate of drug-likeness (QED) is 0.379. The summed E-state index contributed by atoms with van der Waals surface area (Å²) in [5, 5.41) is 28.3. The molecule has 0 aliphatic rings. The minimum absolute atomic E-state index is 0.0262. The molecule has 0 atom stereocenters. The van der Waals surface area contributed by atoms with Crippen molar-refractivity contribution in [3.63, 3.8) is 0 Å². The zero-order chi connectivity index (χ0) is 10.7. The van der Waals surface area contributed by atoms with Crippen molar-refractivity contribution in [3.05, 3.63) is 28.3 Å². The lowest BCUT2D eigenvalue weighted by Gasteiger charge is -2.06. The Hall–Kier alpha value is -1.60. The van der Waals surface area contributed by atoms with E-state index in [9.17, 15) is 10.1 Å². The highest BCUT2D eigenvalue weighted by molar-refractivity contribution is 6.60. The van der Waals surface area contributed by atoms with Crippen LogP contribution in [0.4, 0.5) is 5.69 Å². The standard InChI is InChI=1S/C7H8BNO5/c1-14-7-5(8(10)11)3-2-4-6(7)9(12)13/h2-4,10-11H,1H3. The monoisotopic (exact) mass is 197 g/mol. The van der Waals surface area contributed by atoms with Gasteiger partial charge in [-0.1, -0.05) is 12.1 Å². The molecule has 0 amide bonds. The van der Waals surface area contributed by atoms with Gasteiger partial charge in [-0.15, -0.1) is 0 Å². The third-order valence-electron chi connectivity index (χ3n) is 1.70. The van der Waals surface area contributed by atoms with Gasteiger partial charge in [-0.2, -0.15) is 0 Å². The number of para-hydroxylation sites is 1. The predicted octanol–water partition coefficient (Wildman–Crippen LogP) is -0.717. The molecule has 0 saturated carbocycles. The number of hydrogen-bond donors (Lipinski definition) is 2. The first-order chi connectivity index (χ1) is 6.57. The maximum absolute atomic E-state index is 10.5. The molecule has 0 spiro atoms. The van der Waals surface area contributed by atoms with Crippen molar-refractivity contribution >= 4 is 18.3 Å². The molecule has 14 heavy (non-hydrogen) atoms. The molecule has 1 rings (SSSR count). The summed E-state index contributed by atoms with van der Waals surface area (Å²) in [5.74, 6) is -0.132. The topological polar surface area (TPSA) is 92.8 Å². The summed E-state index contributed by atoms with van der Waals surface area (Å²) >= 11 is 0. The highest BCUT2D eigenvalue weighted by Gasteiger charge is 2.24. The van der Waals surface area contributed by atoms with Crippen LogP contribution in [0.5, 0.6) is 5.75 Å². The van der Waals surface area contributed by atoms with E-state index in [0.29, 0.717) is 0 Å². The van der Waals surface area contributed by atoms with E-state index in [0.717, 1.165) is 0 Å². The molecular weight excluding hydrogens is 189 g/mol.